The van der Waals surface area contributed by atoms with E-state index in [0.717, 1.165) is 30.4 Å². The smallest absolute Gasteiger partial charge is 0.119 e. The van der Waals surface area contributed by atoms with Gasteiger partial charge in [-0.2, -0.15) is 0 Å². The first kappa shape index (κ1) is 29.5. The van der Waals surface area contributed by atoms with Crippen molar-refractivity contribution >= 4 is 0 Å². The molecule has 2 saturated carbocycles. The van der Waals surface area contributed by atoms with Gasteiger partial charge in [-0.05, 0) is 113 Å². The molecule has 2 fully saturated rings. The van der Waals surface area contributed by atoms with Gasteiger partial charge in [-0.25, -0.2) is 0 Å². The summed E-state index contributed by atoms with van der Waals surface area (Å²) in [5.41, 5.74) is 7.50. The molecule has 6 unspecified atom stereocenters. The van der Waals surface area contributed by atoms with Crippen molar-refractivity contribution in [3.8, 4) is 11.5 Å². The fourth-order valence-corrected chi connectivity index (χ4v) is 8.55. The van der Waals surface area contributed by atoms with Crippen LogP contribution in [0.3, 0.4) is 0 Å². The van der Waals surface area contributed by atoms with Crippen LogP contribution in [-0.4, -0.2) is 10.2 Å². The number of hydrogen-bond donors (Lipinski definition) is 2. The standard InChI is InChI=1S/C41H48O2/c1-28(32-13-5-3-6-14-32)34-17-9-11-19-36(34)38-26-30(21-23-40(38)42)25-31-22-24-41(43)39(27-31)37-20-12-10-18-35(37)29(2)33-15-7-4-8-16-33/h3-8,13-16,21-24,26-29,34-37,42-43H,9-12,17-20,25H2,1-2H3. The van der Waals surface area contributed by atoms with Crippen molar-refractivity contribution in [1.29, 1.82) is 0 Å². The fourth-order valence-electron chi connectivity index (χ4n) is 8.55. The minimum atomic E-state index is 0.363. The SMILES string of the molecule is CC(c1ccccc1)C1CCCCC1c1cc(Cc2ccc(O)c(C3CCCCC3C(C)c3ccccc3)c2)ccc1O. The van der Waals surface area contributed by atoms with Gasteiger partial charge in [0, 0.05) is 0 Å². The van der Waals surface area contributed by atoms with Crippen molar-refractivity contribution in [1.82, 2.24) is 0 Å². The predicted octanol–water partition coefficient (Wildman–Crippen LogP) is 10.8. The first-order valence-electron chi connectivity index (χ1n) is 16.7. The minimum absolute atomic E-state index is 0.363. The highest BCUT2D eigenvalue weighted by atomic mass is 16.3. The van der Waals surface area contributed by atoms with E-state index in [1.165, 1.54) is 60.8 Å². The first-order chi connectivity index (χ1) is 21.0. The third-order valence-electron chi connectivity index (χ3n) is 11.0. The van der Waals surface area contributed by atoms with Gasteiger partial charge in [-0.15, -0.1) is 0 Å². The van der Waals surface area contributed by atoms with Gasteiger partial charge < -0.3 is 10.2 Å². The van der Waals surface area contributed by atoms with Crippen LogP contribution in [0.4, 0.5) is 0 Å². The Bertz CT molecular complexity index is 1360. The summed E-state index contributed by atoms with van der Waals surface area (Å²) in [4.78, 5) is 0. The van der Waals surface area contributed by atoms with Crippen molar-refractivity contribution in [3.05, 3.63) is 130 Å². The van der Waals surface area contributed by atoms with Crippen molar-refractivity contribution < 1.29 is 10.2 Å². The monoisotopic (exact) mass is 572 g/mol. The van der Waals surface area contributed by atoms with Gasteiger partial charge in [0.2, 0.25) is 0 Å². The molecule has 2 heteroatoms. The molecule has 6 atom stereocenters. The zero-order valence-electron chi connectivity index (χ0n) is 26.0. The van der Waals surface area contributed by atoms with E-state index in [4.69, 9.17) is 0 Å². The molecule has 2 nitrogen and oxygen atoms in total. The van der Waals surface area contributed by atoms with Crippen LogP contribution in [0.15, 0.2) is 97.1 Å². The molecule has 0 bridgehead atoms. The normalized spacial score (nSPS) is 23.9. The Labute approximate surface area is 258 Å². The maximum absolute atomic E-state index is 11.1. The van der Waals surface area contributed by atoms with Crippen molar-refractivity contribution in [2.75, 3.05) is 0 Å². The Morgan fingerprint density at radius 2 is 0.930 bits per heavy atom. The summed E-state index contributed by atoms with van der Waals surface area (Å²) in [6.45, 7) is 4.74. The lowest BCUT2D eigenvalue weighted by Crippen LogP contribution is -2.23. The van der Waals surface area contributed by atoms with Crippen LogP contribution in [0.25, 0.3) is 0 Å². The highest BCUT2D eigenvalue weighted by molar-refractivity contribution is 5.45. The molecule has 0 saturated heterocycles. The van der Waals surface area contributed by atoms with E-state index in [1.54, 1.807) is 0 Å². The molecular formula is C41H48O2. The van der Waals surface area contributed by atoms with E-state index in [0.29, 0.717) is 47.0 Å². The van der Waals surface area contributed by atoms with E-state index < -0.39 is 0 Å². The Kier molecular flexibility index (Phi) is 9.22. The molecule has 0 spiro atoms. The molecule has 2 aliphatic carbocycles. The summed E-state index contributed by atoms with van der Waals surface area (Å²) in [5, 5.41) is 22.2. The molecule has 6 rings (SSSR count). The number of phenols is 2. The average Bonchev–Trinajstić information content (AvgIpc) is 3.06. The summed E-state index contributed by atoms with van der Waals surface area (Å²) in [6.07, 6.45) is 10.4. The summed E-state index contributed by atoms with van der Waals surface area (Å²) in [6, 6.07) is 34.4. The van der Waals surface area contributed by atoms with Crippen LogP contribution in [0.1, 0.15) is 122 Å². The molecule has 4 aromatic carbocycles. The third kappa shape index (κ3) is 6.54. The molecule has 4 aromatic rings. The van der Waals surface area contributed by atoms with Gasteiger partial charge in [0.25, 0.3) is 0 Å². The number of hydrogen-bond acceptors (Lipinski definition) is 2. The summed E-state index contributed by atoms with van der Waals surface area (Å²) in [5.74, 6) is 3.55. The van der Waals surface area contributed by atoms with Crippen molar-refractivity contribution in [2.45, 2.75) is 95.3 Å². The lowest BCUT2D eigenvalue weighted by atomic mass is 9.68. The van der Waals surface area contributed by atoms with Gasteiger partial charge in [-0.1, -0.05) is 124 Å². The topological polar surface area (TPSA) is 40.5 Å². The van der Waals surface area contributed by atoms with Gasteiger partial charge >= 0.3 is 0 Å². The Morgan fingerprint density at radius 3 is 1.35 bits per heavy atom. The zero-order chi connectivity index (χ0) is 29.8. The zero-order valence-corrected chi connectivity index (χ0v) is 26.0. The second kappa shape index (κ2) is 13.4. The first-order valence-corrected chi connectivity index (χ1v) is 16.7. The quantitative estimate of drug-likeness (QED) is 0.220. The Hall–Kier alpha value is -3.52. The van der Waals surface area contributed by atoms with E-state index >= 15 is 0 Å². The second-order valence-electron chi connectivity index (χ2n) is 13.5. The van der Waals surface area contributed by atoms with E-state index in [2.05, 4.69) is 98.8 Å². The Balaban J connectivity index is 1.25. The number of aromatic hydroxyl groups is 2. The van der Waals surface area contributed by atoms with Gasteiger partial charge in [0.15, 0.2) is 0 Å². The molecule has 43 heavy (non-hydrogen) atoms. The van der Waals surface area contributed by atoms with Crippen LogP contribution in [0.5, 0.6) is 11.5 Å². The summed E-state index contributed by atoms with van der Waals surface area (Å²) >= 11 is 0. The highest BCUT2D eigenvalue weighted by Crippen LogP contribution is 2.49. The van der Waals surface area contributed by atoms with Crippen LogP contribution < -0.4 is 0 Å². The van der Waals surface area contributed by atoms with Gasteiger partial charge in [-0.3, -0.25) is 0 Å². The molecule has 0 aliphatic heterocycles. The van der Waals surface area contributed by atoms with E-state index in [1.807, 2.05) is 12.1 Å². The van der Waals surface area contributed by atoms with Gasteiger partial charge in [0.1, 0.15) is 11.5 Å². The second-order valence-corrected chi connectivity index (χ2v) is 13.5. The molecule has 0 radical (unpaired) electrons. The summed E-state index contributed by atoms with van der Waals surface area (Å²) in [7, 11) is 0. The minimum Gasteiger partial charge on any atom is -0.508 e. The van der Waals surface area contributed by atoms with Crippen LogP contribution in [0.2, 0.25) is 0 Å². The lowest BCUT2D eigenvalue weighted by molar-refractivity contribution is 0.265. The fraction of sp³-hybridized carbons (Fsp3) is 0.415. The molecule has 0 heterocycles. The molecular weight excluding hydrogens is 524 g/mol. The summed E-state index contributed by atoms with van der Waals surface area (Å²) < 4.78 is 0. The molecule has 0 aromatic heterocycles. The van der Waals surface area contributed by atoms with Crippen molar-refractivity contribution in [3.63, 3.8) is 0 Å². The molecule has 224 valence electrons. The average molecular weight is 573 g/mol. The van der Waals surface area contributed by atoms with Crippen LogP contribution in [0, 0.1) is 11.8 Å². The highest BCUT2D eigenvalue weighted by Gasteiger charge is 2.34. The third-order valence-corrected chi connectivity index (χ3v) is 11.0. The largest absolute Gasteiger partial charge is 0.508 e. The maximum atomic E-state index is 11.1. The predicted molar refractivity (Wildman–Crippen MR) is 178 cm³/mol. The lowest BCUT2D eigenvalue weighted by Gasteiger charge is -2.37. The van der Waals surface area contributed by atoms with E-state index in [9.17, 15) is 10.2 Å². The number of rotatable bonds is 8. The van der Waals surface area contributed by atoms with Crippen LogP contribution in [-0.2, 0) is 6.42 Å². The van der Waals surface area contributed by atoms with E-state index in [-0.39, 0.29) is 0 Å². The molecule has 0 amide bonds. The van der Waals surface area contributed by atoms with Gasteiger partial charge in [0.05, 0.1) is 0 Å². The van der Waals surface area contributed by atoms with Crippen LogP contribution >= 0.6 is 0 Å². The molecule has 2 N–H and O–H groups in total. The number of phenolic OH excluding ortho intramolecular Hbond substituents is 2. The maximum Gasteiger partial charge on any atom is 0.119 e. The van der Waals surface area contributed by atoms with Crippen molar-refractivity contribution in [2.24, 2.45) is 11.8 Å². The Morgan fingerprint density at radius 1 is 0.535 bits per heavy atom. The molecule has 2 aliphatic rings. The number of benzene rings is 4.